The van der Waals surface area contributed by atoms with Crippen molar-refractivity contribution < 1.29 is 4.57 Å². The fraction of sp³-hybridized carbons (Fsp3) is 0.158. The highest BCUT2D eigenvalue weighted by Crippen LogP contribution is 2.37. The van der Waals surface area contributed by atoms with Crippen molar-refractivity contribution in [3.8, 4) is 11.3 Å². The maximum Gasteiger partial charge on any atom is 0.286 e. The van der Waals surface area contributed by atoms with Gasteiger partial charge in [-0.1, -0.05) is 65.8 Å². The molecule has 0 atom stereocenters. The first-order chi connectivity index (χ1) is 10.7. The Hall–Kier alpha value is -2.13. The summed E-state index contributed by atoms with van der Waals surface area (Å²) in [4.78, 5) is 6.85. The molecule has 1 aromatic heterocycles. The minimum atomic E-state index is 0.833. The highest BCUT2D eigenvalue weighted by Gasteiger charge is 2.22. The Bertz CT molecular complexity index is 788. The van der Waals surface area contributed by atoms with E-state index in [4.69, 9.17) is 0 Å². The molecular weight excluding hydrogens is 288 g/mol. The van der Waals surface area contributed by atoms with E-state index < -0.39 is 0 Å². The van der Waals surface area contributed by atoms with E-state index in [9.17, 15) is 0 Å². The van der Waals surface area contributed by atoms with Crippen LogP contribution in [0.1, 0.15) is 11.3 Å². The molecule has 0 spiro atoms. The van der Waals surface area contributed by atoms with Gasteiger partial charge >= 0.3 is 0 Å². The Kier molecular flexibility index (Phi) is 4.25. The average Bonchev–Trinajstić information content (AvgIpc) is 2.58. The van der Waals surface area contributed by atoms with Crippen molar-refractivity contribution in [2.75, 3.05) is 0 Å². The first-order valence-electron chi connectivity index (χ1n) is 7.30. The lowest BCUT2D eigenvalue weighted by molar-refractivity contribution is -0.665. The van der Waals surface area contributed by atoms with Crippen LogP contribution in [0.15, 0.2) is 71.3 Å². The zero-order valence-electron chi connectivity index (χ0n) is 12.9. The predicted molar refractivity (Wildman–Crippen MR) is 92.6 cm³/mol. The standard InChI is InChI=1S/C19H19N2S/c1-14-9-7-8-11-16(14)18-19-17(20-13-21(18)3)12-6-4-5-10-15(2)22-19/h4-11,13H,2,12H2,1,3H3/q+1/b6-4-,10-5-. The maximum absolute atomic E-state index is 4.63. The molecule has 0 N–H and O–H groups in total. The van der Waals surface area contributed by atoms with Crippen LogP contribution in [0, 0.1) is 6.92 Å². The van der Waals surface area contributed by atoms with Gasteiger partial charge in [-0.15, -0.1) is 0 Å². The van der Waals surface area contributed by atoms with Crippen molar-refractivity contribution in [3.05, 3.63) is 77.6 Å². The Morgan fingerprint density at radius 2 is 2.05 bits per heavy atom. The third kappa shape index (κ3) is 2.90. The Morgan fingerprint density at radius 1 is 1.23 bits per heavy atom. The number of benzene rings is 1. The normalized spacial score (nSPS) is 17.1. The number of allylic oxidation sites excluding steroid dienone is 4. The molecule has 0 bridgehead atoms. The monoisotopic (exact) mass is 307 g/mol. The van der Waals surface area contributed by atoms with Gasteiger partial charge in [-0.05, 0) is 18.6 Å². The van der Waals surface area contributed by atoms with Crippen LogP contribution in [0.5, 0.6) is 0 Å². The Balaban J connectivity index is 2.25. The lowest BCUT2D eigenvalue weighted by Crippen LogP contribution is -2.33. The third-order valence-electron chi connectivity index (χ3n) is 3.69. The highest BCUT2D eigenvalue weighted by atomic mass is 32.2. The van der Waals surface area contributed by atoms with Crippen LogP contribution in [0.3, 0.4) is 0 Å². The van der Waals surface area contributed by atoms with Gasteiger partial charge in [0.05, 0.1) is 7.05 Å². The zero-order chi connectivity index (χ0) is 15.5. The topological polar surface area (TPSA) is 16.8 Å². The highest BCUT2D eigenvalue weighted by molar-refractivity contribution is 8.03. The molecule has 0 unspecified atom stereocenters. The molecule has 1 aromatic carbocycles. The van der Waals surface area contributed by atoms with Gasteiger partial charge in [0.15, 0.2) is 11.4 Å². The van der Waals surface area contributed by atoms with E-state index in [1.165, 1.54) is 21.7 Å². The number of fused-ring (bicyclic) bond motifs is 1. The number of hydrogen-bond donors (Lipinski definition) is 0. The van der Waals surface area contributed by atoms with E-state index in [1.807, 2.05) is 18.5 Å². The van der Waals surface area contributed by atoms with Gasteiger partial charge in [0.25, 0.3) is 6.33 Å². The van der Waals surface area contributed by atoms with Gasteiger partial charge in [-0.25, -0.2) is 4.57 Å². The van der Waals surface area contributed by atoms with E-state index in [0.717, 1.165) is 17.0 Å². The van der Waals surface area contributed by atoms with E-state index >= 15 is 0 Å². The van der Waals surface area contributed by atoms with Crippen LogP contribution in [0.4, 0.5) is 0 Å². The van der Waals surface area contributed by atoms with Crippen LogP contribution >= 0.6 is 11.8 Å². The van der Waals surface area contributed by atoms with Crippen molar-refractivity contribution in [2.24, 2.45) is 7.05 Å². The molecule has 2 aromatic rings. The lowest BCUT2D eigenvalue weighted by atomic mass is 10.0. The van der Waals surface area contributed by atoms with Gasteiger partial charge in [-0.2, -0.15) is 0 Å². The second-order valence-corrected chi connectivity index (χ2v) is 6.49. The van der Waals surface area contributed by atoms with Crippen LogP contribution in [-0.4, -0.2) is 4.98 Å². The minimum absolute atomic E-state index is 0.833. The molecule has 2 heterocycles. The lowest BCUT2D eigenvalue weighted by Gasteiger charge is -2.12. The van der Waals surface area contributed by atoms with Crippen molar-refractivity contribution in [3.63, 3.8) is 0 Å². The molecule has 22 heavy (non-hydrogen) atoms. The molecule has 0 saturated carbocycles. The molecular formula is C19H19N2S+. The third-order valence-corrected chi connectivity index (χ3v) is 4.72. The summed E-state index contributed by atoms with van der Waals surface area (Å²) in [5.74, 6) is 0. The largest absolute Gasteiger partial charge is 0.286 e. The van der Waals surface area contributed by atoms with Crippen LogP contribution in [0.25, 0.3) is 11.3 Å². The molecule has 0 radical (unpaired) electrons. The molecule has 2 nitrogen and oxygen atoms in total. The van der Waals surface area contributed by atoms with Crippen LogP contribution in [-0.2, 0) is 13.5 Å². The number of aromatic nitrogens is 2. The Morgan fingerprint density at radius 3 is 2.86 bits per heavy atom. The summed E-state index contributed by atoms with van der Waals surface area (Å²) in [6.45, 7) is 6.30. The predicted octanol–water partition coefficient (Wildman–Crippen LogP) is 4.16. The summed E-state index contributed by atoms with van der Waals surface area (Å²) in [5.41, 5.74) is 4.82. The zero-order valence-corrected chi connectivity index (χ0v) is 13.7. The molecule has 0 saturated heterocycles. The number of aryl methyl sites for hydroxylation is 2. The van der Waals surface area contributed by atoms with Gasteiger partial charge in [0.1, 0.15) is 4.90 Å². The first-order valence-corrected chi connectivity index (χ1v) is 8.12. The van der Waals surface area contributed by atoms with Crippen LogP contribution in [0.2, 0.25) is 0 Å². The molecule has 110 valence electrons. The van der Waals surface area contributed by atoms with Crippen molar-refractivity contribution >= 4 is 11.8 Å². The van der Waals surface area contributed by atoms with E-state index in [0.29, 0.717) is 0 Å². The summed E-state index contributed by atoms with van der Waals surface area (Å²) in [7, 11) is 2.05. The Labute approximate surface area is 135 Å². The van der Waals surface area contributed by atoms with Crippen LogP contribution < -0.4 is 4.57 Å². The SMILES string of the molecule is C=C1/C=C\C=C/Cc2nc[n+](C)c(-c3ccccc3C)c2S1. The fourth-order valence-corrected chi connectivity index (χ4v) is 3.57. The second-order valence-electron chi connectivity index (χ2n) is 5.35. The van der Waals surface area contributed by atoms with E-state index in [-0.39, 0.29) is 0 Å². The summed E-state index contributed by atoms with van der Waals surface area (Å²) in [6.07, 6.45) is 11.0. The summed E-state index contributed by atoms with van der Waals surface area (Å²) >= 11 is 1.70. The molecule has 0 fully saturated rings. The number of thioether (sulfide) groups is 1. The molecule has 1 aliphatic rings. The molecule has 3 heteroatoms. The molecule has 0 aliphatic carbocycles. The number of nitrogens with zero attached hydrogens (tertiary/aromatic N) is 2. The van der Waals surface area contributed by atoms with Crippen molar-refractivity contribution in [1.29, 1.82) is 0 Å². The molecule has 3 rings (SSSR count). The number of rotatable bonds is 1. The second kappa shape index (κ2) is 6.32. The van der Waals surface area contributed by atoms with Gasteiger partial charge in [-0.3, -0.25) is 0 Å². The summed E-state index contributed by atoms with van der Waals surface area (Å²) in [5, 5.41) is 0. The molecule has 0 amide bonds. The van der Waals surface area contributed by atoms with E-state index in [1.54, 1.807) is 11.8 Å². The summed E-state index contributed by atoms with van der Waals surface area (Å²) in [6, 6.07) is 8.49. The average molecular weight is 307 g/mol. The van der Waals surface area contributed by atoms with Crippen molar-refractivity contribution in [1.82, 2.24) is 4.98 Å². The maximum atomic E-state index is 4.63. The molecule has 1 aliphatic heterocycles. The quantitative estimate of drug-likeness (QED) is 0.736. The minimum Gasteiger partial charge on any atom is -0.231 e. The first kappa shape index (κ1) is 14.8. The van der Waals surface area contributed by atoms with Gasteiger partial charge < -0.3 is 0 Å². The summed E-state index contributed by atoms with van der Waals surface area (Å²) < 4.78 is 2.10. The fourth-order valence-electron chi connectivity index (χ4n) is 2.56. The smallest absolute Gasteiger partial charge is 0.231 e. The number of hydrogen-bond acceptors (Lipinski definition) is 2. The van der Waals surface area contributed by atoms with E-state index in [2.05, 4.69) is 66.5 Å². The van der Waals surface area contributed by atoms with Gasteiger partial charge in [0.2, 0.25) is 0 Å². The van der Waals surface area contributed by atoms with Gasteiger partial charge in [0, 0.05) is 16.9 Å². The van der Waals surface area contributed by atoms with Crippen molar-refractivity contribution in [2.45, 2.75) is 18.2 Å².